The monoisotopic (exact) mass is 385 g/mol. The molecule has 0 bridgehead atoms. The molecule has 142 valence electrons. The SMILES string of the molecule is COc1ccc2c(CN(Cc3cccs3)C[C@H]3CCCO3)cc(=O)oc2c1. The van der Waals surface area contributed by atoms with E-state index in [0.717, 1.165) is 43.5 Å². The van der Waals surface area contributed by atoms with Crippen LogP contribution in [0.1, 0.15) is 23.3 Å². The number of benzene rings is 1. The van der Waals surface area contributed by atoms with E-state index < -0.39 is 0 Å². The third-order valence-corrected chi connectivity index (χ3v) is 5.74. The van der Waals surface area contributed by atoms with Gasteiger partial charge in [0.05, 0.1) is 13.2 Å². The zero-order chi connectivity index (χ0) is 18.6. The summed E-state index contributed by atoms with van der Waals surface area (Å²) in [6.07, 6.45) is 2.47. The molecule has 0 spiro atoms. The molecule has 1 aromatic carbocycles. The Balaban J connectivity index is 1.63. The van der Waals surface area contributed by atoms with E-state index in [2.05, 4.69) is 22.4 Å². The minimum absolute atomic E-state index is 0.261. The first-order valence-corrected chi connectivity index (χ1v) is 10.1. The van der Waals surface area contributed by atoms with Crippen LogP contribution < -0.4 is 10.4 Å². The van der Waals surface area contributed by atoms with Gasteiger partial charge in [-0.3, -0.25) is 4.90 Å². The normalized spacial score (nSPS) is 17.0. The van der Waals surface area contributed by atoms with E-state index in [0.29, 0.717) is 17.9 Å². The lowest BCUT2D eigenvalue weighted by atomic mass is 10.1. The minimum Gasteiger partial charge on any atom is -0.497 e. The Kier molecular flexibility index (Phi) is 5.57. The Morgan fingerprint density at radius 2 is 2.19 bits per heavy atom. The van der Waals surface area contributed by atoms with E-state index in [4.69, 9.17) is 13.9 Å². The predicted molar refractivity (Wildman–Crippen MR) is 106 cm³/mol. The first kappa shape index (κ1) is 18.2. The Morgan fingerprint density at radius 1 is 1.26 bits per heavy atom. The van der Waals surface area contributed by atoms with Crippen molar-refractivity contribution in [3.63, 3.8) is 0 Å². The number of nitrogens with zero attached hydrogens (tertiary/aromatic N) is 1. The van der Waals surface area contributed by atoms with Gasteiger partial charge in [0.25, 0.3) is 0 Å². The molecule has 2 aromatic heterocycles. The number of rotatable bonds is 7. The van der Waals surface area contributed by atoms with Crippen molar-refractivity contribution in [1.82, 2.24) is 4.90 Å². The van der Waals surface area contributed by atoms with E-state index in [-0.39, 0.29) is 11.7 Å². The van der Waals surface area contributed by atoms with E-state index >= 15 is 0 Å². The molecular formula is C21H23NO4S. The van der Waals surface area contributed by atoms with Crippen LogP contribution in [0.2, 0.25) is 0 Å². The average Bonchev–Trinajstić information content (AvgIpc) is 3.35. The smallest absolute Gasteiger partial charge is 0.336 e. The highest BCUT2D eigenvalue weighted by Gasteiger charge is 2.21. The van der Waals surface area contributed by atoms with Gasteiger partial charge in [0.1, 0.15) is 11.3 Å². The van der Waals surface area contributed by atoms with E-state index in [1.807, 2.05) is 12.1 Å². The number of fused-ring (bicyclic) bond motifs is 1. The van der Waals surface area contributed by atoms with Crippen LogP contribution in [0.5, 0.6) is 5.75 Å². The quantitative estimate of drug-likeness (QED) is 0.575. The molecule has 5 nitrogen and oxygen atoms in total. The van der Waals surface area contributed by atoms with Crippen molar-refractivity contribution >= 4 is 22.3 Å². The lowest BCUT2D eigenvalue weighted by molar-refractivity contribution is 0.0683. The Labute approximate surface area is 162 Å². The molecule has 4 rings (SSSR count). The first-order valence-electron chi connectivity index (χ1n) is 9.18. The molecule has 0 saturated carbocycles. The van der Waals surface area contributed by atoms with Gasteiger partial charge in [0, 0.05) is 48.6 Å². The van der Waals surface area contributed by atoms with Crippen LogP contribution in [0.25, 0.3) is 11.0 Å². The van der Waals surface area contributed by atoms with Crippen molar-refractivity contribution < 1.29 is 13.9 Å². The van der Waals surface area contributed by atoms with Crippen LogP contribution in [-0.4, -0.2) is 31.3 Å². The van der Waals surface area contributed by atoms with Gasteiger partial charge in [-0.1, -0.05) is 6.07 Å². The van der Waals surface area contributed by atoms with Crippen LogP contribution in [0, 0.1) is 0 Å². The lowest BCUT2D eigenvalue weighted by Gasteiger charge is -2.25. The summed E-state index contributed by atoms with van der Waals surface area (Å²) in [6, 6.07) is 11.4. The van der Waals surface area contributed by atoms with Crippen molar-refractivity contribution in [2.45, 2.75) is 32.0 Å². The fourth-order valence-corrected chi connectivity index (χ4v) is 4.34. The third kappa shape index (κ3) is 4.40. The summed E-state index contributed by atoms with van der Waals surface area (Å²) in [7, 11) is 1.60. The van der Waals surface area contributed by atoms with Crippen molar-refractivity contribution in [3.05, 3.63) is 62.6 Å². The van der Waals surface area contributed by atoms with Crippen molar-refractivity contribution in [2.75, 3.05) is 20.3 Å². The average molecular weight is 385 g/mol. The Morgan fingerprint density at radius 3 is 2.93 bits per heavy atom. The van der Waals surface area contributed by atoms with Gasteiger partial charge < -0.3 is 13.9 Å². The number of methoxy groups -OCH3 is 1. The molecule has 1 saturated heterocycles. The van der Waals surface area contributed by atoms with Crippen LogP contribution in [-0.2, 0) is 17.8 Å². The second kappa shape index (κ2) is 8.25. The Bertz CT molecular complexity index is 944. The molecule has 1 fully saturated rings. The van der Waals surface area contributed by atoms with Crippen LogP contribution in [0.15, 0.2) is 51.0 Å². The molecule has 0 amide bonds. The van der Waals surface area contributed by atoms with Crippen molar-refractivity contribution in [1.29, 1.82) is 0 Å². The van der Waals surface area contributed by atoms with Gasteiger partial charge in [0.2, 0.25) is 0 Å². The maximum atomic E-state index is 12.1. The van der Waals surface area contributed by atoms with Gasteiger partial charge in [-0.05, 0) is 42.0 Å². The summed E-state index contributed by atoms with van der Waals surface area (Å²) in [5, 5.41) is 3.04. The molecule has 0 unspecified atom stereocenters. The molecule has 0 N–H and O–H groups in total. The van der Waals surface area contributed by atoms with Gasteiger partial charge in [0.15, 0.2) is 0 Å². The molecule has 6 heteroatoms. The molecule has 3 aromatic rings. The molecular weight excluding hydrogens is 362 g/mol. The number of hydrogen-bond donors (Lipinski definition) is 0. The fourth-order valence-electron chi connectivity index (χ4n) is 3.59. The fraction of sp³-hybridized carbons (Fsp3) is 0.381. The van der Waals surface area contributed by atoms with Gasteiger partial charge in [-0.25, -0.2) is 4.79 Å². The third-order valence-electron chi connectivity index (χ3n) is 4.88. The molecule has 1 aliphatic heterocycles. The minimum atomic E-state index is -0.334. The van der Waals surface area contributed by atoms with Crippen molar-refractivity contribution in [2.24, 2.45) is 0 Å². The lowest BCUT2D eigenvalue weighted by Crippen LogP contribution is -2.31. The topological polar surface area (TPSA) is 51.9 Å². The zero-order valence-corrected chi connectivity index (χ0v) is 16.2. The number of hydrogen-bond acceptors (Lipinski definition) is 6. The van der Waals surface area contributed by atoms with Gasteiger partial charge >= 0.3 is 5.63 Å². The molecule has 0 radical (unpaired) electrons. The van der Waals surface area contributed by atoms with Crippen LogP contribution >= 0.6 is 11.3 Å². The predicted octanol–water partition coefficient (Wildman–Crippen LogP) is 4.04. The zero-order valence-electron chi connectivity index (χ0n) is 15.3. The molecule has 0 aliphatic carbocycles. The van der Waals surface area contributed by atoms with Crippen LogP contribution in [0.4, 0.5) is 0 Å². The summed E-state index contributed by atoms with van der Waals surface area (Å²) in [5.41, 5.74) is 1.20. The number of thiophene rings is 1. The van der Waals surface area contributed by atoms with E-state index in [1.165, 1.54) is 4.88 Å². The standard InChI is InChI=1S/C21H23NO4S/c1-24-16-6-7-19-15(10-21(23)26-20(19)11-16)12-22(13-17-4-2-8-25-17)14-18-5-3-9-27-18/h3,5-7,9-11,17H,2,4,8,12-14H2,1H3/t17-/m1/s1. The summed E-state index contributed by atoms with van der Waals surface area (Å²) in [4.78, 5) is 15.8. The maximum Gasteiger partial charge on any atom is 0.336 e. The number of ether oxygens (including phenoxy) is 2. The summed E-state index contributed by atoms with van der Waals surface area (Å²) in [6.45, 7) is 3.21. The molecule has 1 atom stereocenters. The summed E-state index contributed by atoms with van der Waals surface area (Å²) in [5.74, 6) is 0.678. The molecule has 27 heavy (non-hydrogen) atoms. The van der Waals surface area contributed by atoms with Crippen molar-refractivity contribution in [3.8, 4) is 5.75 Å². The second-order valence-electron chi connectivity index (χ2n) is 6.84. The highest BCUT2D eigenvalue weighted by Crippen LogP contribution is 2.25. The van der Waals surface area contributed by atoms with E-state index in [1.54, 1.807) is 30.6 Å². The highest BCUT2D eigenvalue weighted by molar-refractivity contribution is 7.09. The van der Waals surface area contributed by atoms with Gasteiger partial charge in [-0.15, -0.1) is 11.3 Å². The molecule has 1 aliphatic rings. The summed E-state index contributed by atoms with van der Waals surface area (Å²) >= 11 is 1.75. The molecule has 3 heterocycles. The van der Waals surface area contributed by atoms with Gasteiger partial charge in [-0.2, -0.15) is 0 Å². The first-order chi connectivity index (χ1) is 13.2. The maximum absolute atomic E-state index is 12.1. The van der Waals surface area contributed by atoms with Crippen LogP contribution in [0.3, 0.4) is 0 Å². The summed E-state index contributed by atoms with van der Waals surface area (Å²) < 4.78 is 16.5. The highest BCUT2D eigenvalue weighted by atomic mass is 32.1. The largest absolute Gasteiger partial charge is 0.497 e. The second-order valence-corrected chi connectivity index (χ2v) is 7.87. The van der Waals surface area contributed by atoms with E-state index in [9.17, 15) is 4.79 Å². The Hall–Kier alpha value is -2.15.